The summed E-state index contributed by atoms with van der Waals surface area (Å²) in [5.41, 5.74) is 0. The first kappa shape index (κ1) is 13.8. The fraction of sp³-hybridized carbons (Fsp3) is 0.929. The van der Waals surface area contributed by atoms with Crippen molar-refractivity contribution in [1.29, 1.82) is 0 Å². The van der Waals surface area contributed by atoms with E-state index in [0.717, 1.165) is 25.6 Å². The van der Waals surface area contributed by atoms with E-state index in [1.807, 2.05) is 13.8 Å². The minimum atomic E-state index is 0.0224. The van der Waals surface area contributed by atoms with Crippen LogP contribution in [0.15, 0.2) is 0 Å². The quantitative estimate of drug-likeness (QED) is 0.785. The summed E-state index contributed by atoms with van der Waals surface area (Å²) in [4.78, 5) is 14.3. The molecule has 2 fully saturated rings. The summed E-state index contributed by atoms with van der Waals surface area (Å²) >= 11 is 0. The summed E-state index contributed by atoms with van der Waals surface area (Å²) in [6, 6.07) is 0.711. The Morgan fingerprint density at radius 2 is 2.28 bits per heavy atom. The highest BCUT2D eigenvalue weighted by Crippen LogP contribution is 2.25. The third-order valence-corrected chi connectivity index (χ3v) is 4.43. The van der Waals surface area contributed by atoms with Gasteiger partial charge in [-0.25, -0.2) is 0 Å². The van der Waals surface area contributed by atoms with Gasteiger partial charge in [0.2, 0.25) is 5.91 Å². The lowest BCUT2D eigenvalue weighted by molar-refractivity contribution is -0.126. The van der Waals surface area contributed by atoms with Crippen LogP contribution in [-0.4, -0.2) is 49.1 Å². The molecular weight excluding hydrogens is 226 g/mol. The van der Waals surface area contributed by atoms with Crippen LogP contribution in [0.1, 0.15) is 39.5 Å². The van der Waals surface area contributed by atoms with E-state index in [4.69, 9.17) is 0 Å². The molecular formula is C14H27N3O. The van der Waals surface area contributed by atoms with Crippen LogP contribution in [0, 0.1) is 5.92 Å². The summed E-state index contributed by atoms with van der Waals surface area (Å²) < 4.78 is 0. The lowest BCUT2D eigenvalue weighted by atomic mass is 9.89. The van der Waals surface area contributed by atoms with Gasteiger partial charge in [-0.05, 0) is 58.5 Å². The van der Waals surface area contributed by atoms with Gasteiger partial charge in [-0.3, -0.25) is 9.69 Å². The van der Waals surface area contributed by atoms with Crippen LogP contribution >= 0.6 is 0 Å². The Hall–Kier alpha value is -0.610. The molecule has 104 valence electrons. The molecule has 0 spiro atoms. The van der Waals surface area contributed by atoms with Gasteiger partial charge in [0.15, 0.2) is 0 Å². The van der Waals surface area contributed by atoms with Gasteiger partial charge in [0.25, 0.3) is 0 Å². The average Bonchev–Trinajstić information content (AvgIpc) is 2.92. The van der Waals surface area contributed by atoms with Crippen LogP contribution in [0.5, 0.6) is 0 Å². The second kappa shape index (κ2) is 6.53. The van der Waals surface area contributed by atoms with Crippen molar-refractivity contribution in [3.63, 3.8) is 0 Å². The highest BCUT2D eigenvalue weighted by atomic mass is 16.2. The van der Waals surface area contributed by atoms with Crippen molar-refractivity contribution in [2.45, 2.75) is 51.6 Å². The molecule has 0 aromatic carbocycles. The highest BCUT2D eigenvalue weighted by molar-refractivity contribution is 5.81. The van der Waals surface area contributed by atoms with Gasteiger partial charge in [0.05, 0.1) is 6.04 Å². The van der Waals surface area contributed by atoms with Gasteiger partial charge in [0, 0.05) is 19.1 Å². The first-order valence-electron chi connectivity index (χ1n) is 7.47. The number of hydrogen-bond donors (Lipinski definition) is 2. The highest BCUT2D eigenvalue weighted by Gasteiger charge is 2.32. The zero-order valence-electron chi connectivity index (χ0n) is 11.7. The van der Waals surface area contributed by atoms with Crippen LogP contribution in [0.3, 0.4) is 0 Å². The van der Waals surface area contributed by atoms with Gasteiger partial charge in [-0.2, -0.15) is 0 Å². The first-order valence-corrected chi connectivity index (χ1v) is 7.47. The molecule has 4 nitrogen and oxygen atoms in total. The molecule has 2 aliphatic heterocycles. The fourth-order valence-corrected chi connectivity index (χ4v) is 3.32. The number of piperidine rings is 1. The van der Waals surface area contributed by atoms with Gasteiger partial charge >= 0.3 is 0 Å². The largest absolute Gasteiger partial charge is 0.355 e. The molecule has 3 atom stereocenters. The first-order chi connectivity index (χ1) is 8.72. The number of carbonyl (C=O) groups is 1. The SMILES string of the molecule is CCNC(=O)C(C)N1CCCC(C2CCCN2)C1. The number of likely N-dealkylation sites (N-methyl/N-ethyl adjacent to an activating group) is 1. The van der Waals surface area contributed by atoms with Crippen molar-refractivity contribution in [3.8, 4) is 0 Å². The van der Waals surface area contributed by atoms with E-state index in [1.54, 1.807) is 0 Å². The maximum Gasteiger partial charge on any atom is 0.237 e. The van der Waals surface area contributed by atoms with Crippen LogP contribution in [0.4, 0.5) is 0 Å². The molecule has 2 heterocycles. The Bertz CT molecular complexity index is 276. The third-order valence-electron chi connectivity index (χ3n) is 4.43. The molecule has 2 aliphatic rings. The van der Waals surface area contributed by atoms with Gasteiger partial charge < -0.3 is 10.6 Å². The maximum atomic E-state index is 11.9. The van der Waals surface area contributed by atoms with E-state index in [0.29, 0.717) is 6.04 Å². The van der Waals surface area contributed by atoms with E-state index in [9.17, 15) is 4.79 Å². The molecule has 0 saturated carbocycles. The van der Waals surface area contributed by atoms with Crippen LogP contribution in [0.25, 0.3) is 0 Å². The molecule has 0 aromatic heterocycles. The zero-order chi connectivity index (χ0) is 13.0. The molecule has 2 N–H and O–H groups in total. The number of rotatable bonds is 4. The van der Waals surface area contributed by atoms with Crippen molar-refractivity contribution < 1.29 is 4.79 Å². The van der Waals surface area contributed by atoms with Crippen LogP contribution in [-0.2, 0) is 4.79 Å². The molecule has 0 aromatic rings. The summed E-state index contributed by atoms with van der Waals surface area (Å²) in [5.74, 6) is 0.913. The van der Waals surface area contributed by atoms with Gasteiger partial charge in [-0.15, -0.1) is 0 Å². The monoisotopic (exact) mass is 253 g/mol. The minimum Gasteiger partial charge on any atom is -0.355 e. The number of carbonyl (C=O) groups excluding carboxylic acids is 1. The lowest BCUT2D eigenvalue weighted by Gasteiger charge is -2.38. The van der Waals surface area contributed by atoms with Crippen molar-refractivity contribution in [2.75, 3.05) is 26.2 Å². The Labute approximate surface area is 110 Å². The Morgan fingerprint density at radius 3 is 2.94 bits per heavy atom. The second-order valence-corrected chi connectivity index (χ2v) is 5.67. The Morgan fingerprint density at radius 1 is 1.44 bits per heavy atom. The van der Waals surface area contributed by atoms with E-state index < -0.39 is 0 Å². The normalized spacial score (nSPS) is 31.2. The van der Waals surface area contributed by atoms with Gasteiger partial charge in [0.1, 0.15) is 0 Å². The van der Waals surface area contributed by atoms with Gasteiger partial charge in [-0.1, -0.05) is 0 Å². The van der Waals surface area contributed by atoms with Crippen molar-refractivity contribution in [3.05, 3.63) is 0 Å². The lowest BCUT2D eigenvalue weighted by Crippen LogP contribution is -2.51. The molecule has 18 heavy (non-hydrogen) atoms. The maximum absolute atomic E-state index is 11.9. The topological polar surface area (TPSA) is 44.4 Å². The van der Waals surface area contributed by atoms with E-state index in [-0.39, 0.29) is 11.9 Å². The number of nitrogens with zero attached hydrogens (tertiary/aromatic N) is 1. The molecule has 2 saturated heterocycles. The summed E-state index contributed by atoms with van der Waals surface area (Å²) in [7, 11) is 0. The number of hydrogen-bond acceptors (Lipinski definition) is 3. The zero-order valence-corrected chi connectivity index (χ0v) is 11.7. The molecule has 2 rings (SSSR count). The predicted molar refractivity (Wildman–Crippen MR) is 73.5 cm³/mol. The molecule has 4 heteroatoms. The predicted octanol–water partition coefficient (Wildman–Crippen LogP) is 0.975. The summed E-state index contributed by atoms with van der Waals surface area (Å²) in [6.07, 6.45) is 5.17. The Kier molecular flexibility index (Phi) is 5.01. The standard InChI is InChI=1S/C14H27N3O/c1-3-15-14(18)11(2)17-9-5-6-12(10-17)13-7-4-8-16-13/h11-13,16H,3-10H2,1-2H3,(H,15,18). The molecule has 1 amide bonds. The molecule has 0 radical (unpaired) electrons. The number of amides is 1. The van der Waals surface area contributed by atoms with Crippen LogP contribution in [0.2, 0.25) is 0 Å². The summed E-state index contributed by atoms with van der Waals surface area (Å²) in [6.45, 7) is 8.07. The number of nitrogens with one attached hydrogen (secondary N) is 2. The smallest absolute Gasteiger partial charge is 0.237 e. The summed E-state index contributed by atoms with van der Waals surface area (Å²) in [5, 5.41) is 6.54. The third kappa shape index (κ3) is 3.23. The average molecular weight is 253 g/mol. The fourth-order valence-electron chi connectivity index (χ4n) is 3.32. The van der Waals surface area contributed by atoms with E-state index in [1.165, 1.54) is 32.2 Å². The minimum absolute atomic E-state index is 0.0224. The Balaban J connectivity index is 1.87. The number of likely N-dealkylation sites (tertiary alicyclic amines) is 1. The molecule has 0 aliphatic carbocycles. The van der Waals surface area contributed by atoms with Crippen molar-refractivity contribution in [1.82, 2.24) is 15.5 Å². The van der Waals surface area contributed by atoms with Crippen molar-refractivity contribution >= 4 is 5.91 Å². The van der Waals surface area contributed by atoms with E-state index >= 15 is 0 Å². The molecule has 3 unspecified atom stereocenters. The van der Waals surface area contributed by atoms with Crippen LogP contribution < -0.4 is 10.6 Å². The van der Waals surface area contributed by atoms with E-state index in [2.05, 4.69) is 15.5 Å². The second-order valence-electron chi connectivity index (χ2n) is 5.67. The molecule has 0 bridgehead atoms. The van der Waals surface area contributed by atoms with Crippen molar-refractivity contribution in [2.24, 2.45) is 5.92 Å².